The van der Waals surface area contributed by atoms with Crippen LogP contribution in [0.4, 0.5) is 0 Å². The smallest absolute Gasteiger partial charge is 0.325 e. The fourth-order valence-corrected chi connectivity index (χ4v) is 4.26. The van der Waals surface area contributed by atoms with Crippen LogP contribution in [0.15, 0.2) is 34.6 Å². The number of thiocarbonyl (C=S) groups is 1. The van der Waals surface area contributed by atoms with Gasteiger partial charge in [-0.1, -0.05) is 15.9 Å². The number of likely N-dealkylation sites (N-methyl/N-ethyl adjacent to an activating group) is 2. The van der Waals surface area contributed by atoms with Crippen molar-refractivity contribution in [1.29, 1.82) is 0 Å². The molecule has 2 amide bonds. The molecule has 0 unspecified atom stereocenters. The van der Waals surface area contributed by atoms with Crippen LogP contribution in [0.2, 0.25) is 0 Å². The predicted molar refractivity (Wildman–Crippen MR) is 130 cm³/mol. The molecule has 0 spiro atoms. The molecule has 0 radical (unpaired) electrons. The first-order valence-electron chi connectivity index (χ1n) is 10.2. The third-order valence-electron chi connectivity index (χ3n) is 5.44. The lowest BCUT2D eigenvalue weighted by Crippen LogP contribution is -2.33. The van der Waals surface area contributed by atoms with Crippen LogP contribution >= 0.6 is 28.1 Å². The van der Waals surface area contributed by atoms with E-state index in [1.165, 1.54) is 16.9 Å². The zero-order chi connectivity index (χ0) is 23.6. The van der Waals surface area contributed by atoms with Gasteiger partial charge in [0.15, 0.2) is 5.11 Å². The summed E-state index contributed by atoms with van der Waals surface area (Å²) in [5.74, 6) is -0.801. The van der Waals surface area contributed by atoms with Crippen molar-refractivity contribution in [2.75, 3.05) is 33.8 Å². The maximum atomic E-state index is 12.9. The van der Waals surface area contributed by atoms with E-state index in [9.17, 15) is 14.4 Å². The highest BCUT2D eigenvalue weighted by Gasteiger charge is 2.37. The summed E-state index contributed by atoms with van der Waals surface area (Å²) in [4.78, 5) is 42.0. The number of halogens is 1. The van der Waals surface area contributed by atoms with Crippen molar-refractivity contribution in [2.45, 2.75) is 20.4 Å². The molecule has 170 valence electrons. The highest BCUT2D eigenvalue weighted by molar-refractivity contribution is 9.10. The molecule has 1 aromatic heterocycles. The van der Waals surface area contributed by atoms with Gasteiger partial charge in [-0.05, 0) is 50.3 Å². The minimum Gasteiger partial charge on any atom is -0.468 e. The number of nitrogens with zero attached hydrogens (tertiary/aromatic N) is 4. The Kier molecular flexibility index (Phi) is 7.35. The Bertz CT molecular complexity index is 1120. The van der Waals surface area contributed by atoms with E-state index in [4.69, 9.17) is 17.0 Å². The summed E-state index contributed by atoms with van der Waals surface area (Å²) >= 11 is 8.85. The number of ether oxygens (including phenoxy) is 1. The first kappa shape index (κ1) is 23.9. The Balaban J connectivity index is 2.09. The summed E-state index contributed by atoms with van der Waals surface area (Å²) < 4.78 is 7.50. The number of rotatable bonds is 7. The summed E-state index contributed by atoms with van der Waals surface area (Å²) in [7, 11) is 2.85. The summed E-state index contributed by atoms with van der Waals surface area (Å²) in [6.45, 7) is 5.18. The van der Waals surface area contributed by atoms with Gasteiger partial charge >= 0.3 is 5.97 Å². The van der Waals surface area contributed by atoms with Crippen LogP contribution in [-0.2, 0) is 25.7 Å². The fourth-order valence-electron chi connectivity index (χ4n) is 3.66. The van der Waals surface area contributed by atoms with Gasteiger partial charge in [0.25, 0.3) is 5.91 Å². The van der Waals surface area contributed by atoms with Crippen molar-refractivity contribution < 1.29 is 19.1 Å². The molecule has 32 heavy (non-hydrogen) atoms. The molecule has 1 aliphatic heterocycles. The van der Waals surface area contributed by atoms with Gasteiger partial charge in [-0.15, -0.1) is 0 Å². The molecule has 1 aromatic carbocycles. The number of carbonyl (C=O) groups is 3. The van der Waals surface area contributed by atoms with E-state index in [2.05, 4.69) is 15.9 Å². The molecule has 2 heterocycles. The third-order valence-corrected chi connectivity index (χ3v) is 6.42. The van der Waals surface area contributed by atoms with E-state index >= 15 is 0 Å². The molecule has 1 aliphatic rings. The third kappa shape index (κ3) is 4.56. The zero-order valence-electron chi connectivity index (χ0n) is 18.4. The fraction of sp³-hybridized carbons (Fsp3) is 0.364. The Hall–Kier alpha value is -2.72. The minimum absolute atomic E-state index is 0.0131. The quantitative estimate of drug-likeness (QED) is 0.317. The van der Waals surface area contributed by atoms with E-state index in [0.717, 1.165) is 20.9 Å². The Morgan fingerprint density at radius 3 is 2.53 bits per heavy atom. The van der Waals surface area contributed by atoms with Crippen LogP contribution in [-0.4, -0.2) is 76.0 Å². The monoisotopic (exact) mass is 520 g/mol. The molecule has 3 rings (SSSR count). The van der Waals surface area contributed by atoms with Crippen molar-refractivity contribution >= 4 is 68.0 Å². The van der Waals surface area contributed by atoms with Gasteiger partial charge in [-0.3, -0.25) is 19.3 Å². The predicted octanol–water partition coefficient (Wildman–Crippen LogP) is 2.85. The number of aromatic nitrogens is 1. The van der Waals surface area contributed by atoms with Crippen molar-refractivity contribution in [3.63, 3.8) is 0 Å². The van der Waals surface area contributed by atoms with Crippen LogP contribution in [0.5, 0.6) is 0 Å². The molecule has 1 saturated heterocycles. The number of benzene rings is 1. The number of fused-ring (bicyclic) bond motifs is 1. The molecule has 0 saturated carbocycles. The van der Waals surface area contributed by atoms with Crippen molar-refractivity contribution in [3.05, 3.63) is 40.1 Å². The molecule has 2 aromatic rings. The normalized spacial score (nSPS) is 15.2. The van der Waals surface area contributed by atoms with E-state index in [0.29, 0.717) is 13.1 Å². The molecule has 0 N–H and O–H groups in total. The molecule has 8 nitrogen and oxygen atoms in total. The summed E-state index contributed by atoms with van der Waals surface area (Å²) in [5.41, 5.74) is 1.88. The molecule has 10 heteroatoms. The Labute approximate surface area is 200 Å². The molecule has 1 fully saturated rings. The average Bonchev–Trinajstić information content (AvgIpc) is 3.19. The van der Waals surface area contributed by atoms with Crippen LogP contribution < -0.4 is 0 Å². The van der Waals surface area contributed by atoms with E-state index in [1.807, 2.05) is 42.8 Å². The van der Waals surface area contributed by atoms with Gasteiger partial charge in [0.1, 0.15) is 18.8 Å². The van der Waals surface area contributed by atoms with Crippen molar-refractivity contribution in [2.24, 2.45) is 0 Å². The molecular weight excluding hydrogens is 496 g/mol. The topological polar surface area (TPSA) is 75.1 Å². The molecule has 0 aliphatic carbocycles. The summed E-state index contributed by atoms with van der Waals surface area (Å²) in [5, 5.41) is 1.10. The van der Waals surface area contributed by atoms with Crippen LogP contribution in [0.25, 0.3) is 17.0 Å². The second kappa shape index (κ2) is 9.83. The number of carbonyl (C=O) groups excluding carboxylic acids is 3. The second-order valence-electron chi connectivity index (χ2n) is 7.28. The van der Waals surface area contributed by atoms with Crippen LogP contribution in [0, 0.1) is 0 Å². The largest absolute Gasteiger partial charge is 0.468 e. The van der Waals surface area contributed by atoms with Crippen LogP contribution in [0.1, 0.15) is 19.4 Å². The molecular formula is C22H25BrN4O4S. The lowest BCUT2D eigenvalue weighted by atomic mass is 10.1. The number of hydrogen-bond acceptors (Lipinski definition) is 5. The summed E-state index contributed by atoms with van der Waals surface area (Å²) in [6, 6.07) is 5.77. The minimum atomic E-state index is -0.503. The number of amides is 2. The van der Waals surface area contributed by atoms with Gasteiger partial charge in [-0.2, -0.15) is 0 Å². The first-order valence-corrected chi connectivity index (χ1v) is 11.4. The second-order valence-corrected chi connectivity index (χ2v) is 8.56. The summed E-state index contributed by atoms with van der Waals surface area (Å²) in [6.07, 6.45) is 3.55. The van der Waals surface area contributed by atoms with Gasteiger partial charge in [-0.25, -0.2) is 0 Å². The van der Waals surface area contributed by atoms with E-state index in [1.54, 1.807) is 18.0 Å². The van der Waals surface area contributed by atoms with Crippen LogP contribution in [0.3, 0.4) is 0 Å². The molecule has 0 atom stereocenters. The maximum absolute atomic E-state index is 12.9. The van der Waals surface area contributed by atoms with Crippen molar-refractivity contribution in [3.8, 4) is 0 Å². The number of methoxy groups -OCH3 is 1. The molecule has 0 bridgehead atoms. The first-order chi connectivity index (χ1) is 15.2. The van der Waals surface area contributed by atoms with Gasteiger partial charge < -0.3 is 19.1 Å². The van der Waals surface area contributed by atoms with Crippen molar-refractivity contribution in [1.82, 2.24) is 19.3 Å². The SMILES string of the molecule is CCN(CC)C(=O)Cn1cc(/C=C2/C(=O)N(C)C(=S)N2CC(=O)OC)c2cc(Br)ccc21. The maximum Gasteiger partial charge on any atom is 0.325 e. The lowest BCUT2D eigenvalue weighted by molar-refractivity contribution is -0.140. The number of esters is 1. The van der Waals surface area contributed by atoms with Gasteiger partial charge in [0.05, 0.1) is 7.11 Å². The number of hydrogen-bond donors (Lipinski definition) is 0. The lowest BCUT2D eigenvalue weighted by Gasteiger charge is -2.19. The standard InChI is InChI=1S/C22H25BrN4O4S/c1-5-25(6-2)19(28)12-26-11-14(16-10-15(23)7-8-17(16)26)9-18-21(30)24(3)22(32)27(18)13-20(29)31-4/h7-11H,5-6,12-13H2,1-4H3/b18-9-. The Morgan fingerprint density at radius 2 is 1.91 bits per heavy atom. The average molecular weight is 521 g/mol. The van der Waals surface area contributed by atoms with Gasteiger partial charge in [0.2, 0.25) is 5.91 Å². The van der Waals surface area contributed by atoms with E-state index in [-0.39, 0.29) is 35.7 Å². The Morgan fingerprint density at radius 1 is 1.22 bits per heavy atom. The van der Waals surface area contributed by atoms with E-state index < -0.39 is 5.97 Å². The highest BCUT2D eigenvalue weighted by atomic mass is 79.9. The highest BCUT2D eigenvalue weighted by Crippen LogP contribution is 2.30. The zero-order valence-corrected chi connectivity index (χ0v) is 20.8. The van der Waals surface area contributed by atoms with Gasteiger partial charge in [0, 0.05) is 47.3 Å².